The van der Waals surface area contributed by atoms with E-state index in [0.717, 1.165) is 6.42 Å². The van der Waals surface area contributed by atoms with Gasteiger partial charge in [0.15, 0.2) is 22.8 Å². The van der Waals surface area contributed by atoms with Gasteiger partial charge in [0.2, 0.25) is 0 Å². The van der Waals surface area contributed by atoms with Crippen LogP contribution in [0.1, 0.15) is 103 Å². The molecule has 9 heteroatoms. The third kappa shape index (κ3) is 4.45. The molecule has 2 saturated heterocycles. The van der Waals surface area contributed by atoms with E-state index in [2.05, 4.69) is 19.9 Å². The fraction of sp³-hybridized carbons (Fsp3) is 0.553. The van der Waals surface area contributed by atoms with E-state index in [0.29, 0.717) is 53.9 Å². The number of allylic oxidation sites excluding steroid dienone is 4. The summed E-state index contributed by atoms with van der Waals surface area (Å²) in [6.07, 6.45) is 11.5. The number of hydrogen-bond donors (Lipinski definition) is 1. The largest absolute Gasteiger partial charge is 0.506 e. The van der Waals surface area contributed by atoms with Crippen molar-refractivity contribution in [3.8, 4) is 17.2 Å². The molecule has 0 radical (unpaired) electrons. The van der Waals surface area contributed by atoms with Crippen LogP contribution in [0, 0.1) is 11.8 Å². The molecule has 250 valence electrons. The van der Waals surface area contributed by atoms with Crippen LogP contribution < -0.4 is 9.47 Å². The standard InChI is InChI=1S/C38H44O9/c1-20(2)10-9-13-36(8)14-12-23-29(40)28-30(41)25-16-22-17-26-34(4,5)47-37(33(22)42,15-11-21(3)43-19-39)38(25,26)46-32(28)24(31(23)45-36)18-27-35(6,7)44-27/h10-12,14,16,19,22,26-27,40H,9,13,15,17-18H2,1-8H3/b21-11-/t22?,26?,27?,36-,37+,38-/m1/s1. The molecule has 1 N–H and O–H groups in total. The van der Waals surface area contributed by atoms with Gasteiger partial charge in [-0.3, -0.25) is 14.4 Å². The molecule has 1 spiro atoms. The van der Waals surface area contributed by atoms with Crippen LogP contribution in [0.25, 0.3) is 6.08 Å². The number of fused-ring (bicyclic) bond motifs is 2. The predicted molar refractivity (Wildman–Crippen MR) is 173 cm³/mol. The summed E-state index contributed by atoms with van der Waals surface area (Å²) in [7, 11) is 0. The van der Waals surface area contributed by atoms with Gasteiger partial charge in [0, 0.05) is 35.8 Å². The molecule has 0 amide bonds. The molecular formula is C38H44O9. The highest BCUT2D eigenvalue weighted by atomic mass is 16.6. The Labute approximate surface area is 275 Å². The number of Topliss-reactive ketones (excluding diaryl/α,β-unsaturated/α-hetero) is 2. The minimum absolute atomic E-state index is 0.0363. The lowest BCUT2D eigenvalue weighted by molar-refractivity contribution is -0.171. The summed E-state index contributed by atoms with van der Waals surface area (Å²) in [4.78, 5) is 40.3. The Bertz CT molecular complexity index is 1740. The molecule has 0 aromatic heterocycles. The number of phenols is 1. The smallest absolute Gasteiger partial charge is 0.298 e. The van der Waals surface area contributed by atoms with Gasteiger partial charge in [-0.2, -0.15) is 0 Å². The first-order valence-corrected chi connectivity index (χ1v) is 16.6. The van der Waals surface area contributed by atoms with Gasteiger partial charge in [0.1, 0.15) is 34.2 Å². The zero-order chi connectivity index (χ0) is 33.9. The van der Waals surface area contributed by atoms with Gasteiger partial charge in [0.05, 0.1) is 22.9 Å². The van der Waals surface area contributed by atoms with E-state index in [4.69, 9.17) is 23.7 Å². The van der Waals surface area contributed by atoms with Crippen molar-refractivity contribution in [3.63, 3.8) is 0 Å². The minimum atomic E-state index is -1.56. The Morgan fingerprint density at radius 1 is 1.04 bits per heavy atom. The van der Waals surface area contributed by atoms with Crippen LogP contribution in [0.2, 0.25) is 0 Å². The van der Waals surface area contributed by atoms with E-state index >= 15 is 0 Å². The molecule has 6 atom stereocenters. The normalized spacial score (nSPS) is 34.8. The number of benzene rings is 1. The van der Waals surface area contributed by atoms with Crippen LogP contribution in [0.15, 0.2) is 41.2 Å². The highest BCUT2D eigenvalue weighted by Gasteiger charge is 2.81. The van der Waals surface area contributed by atoms with Crippen molar-refractivity contribution in [1.29, 1.82) is 0 Å². The molecule has 4 aliphatic heterocycles. The molecule has 4 bridgehead atoms. The maximum absolute atomic E-state index is 14.8. The van der Waals surface area contributed by atoms with Crippen molar-refractivity contribution in [3.05, 3.63) is 57.9 Å². The summed E-state index contributed by atoms with van der Waals surface area (Å²) in [5.74, 6) is -0.691. The monoisotopic (exact) mass is 644 g/mol. The Kier molecular flexibility index (Phi) is 6.89. The quantitative estimate of drug-likeness (QED) is 0.139. The van der Waals surface area contributed by atoms with Crippen molar-refractivity contribution in [2.45, 2.75) is 122 Å². The zero-order valence-corrected chi connectivity index (χ0v) is 28.4. The lowest BCUT2D eigenvalue weighted by Gasteiger charge is -2.56. The average molecular weight is 645 g/mol. The van der Waals surface area contributed by atoms with Gasteiger partial charge in [-0.1, -0.05) is 17.7 Å². The van der Waals surface area contributed by atoms with Crippen molar-refractivity contribution in [2.24, 2.45) is 11.8 Å². The molecule has 9 nitrogen and oxygen atoms in total. The number of ketones is 2. The van der Waals surface area contributed by atoms with Gasteiger partial charge in [0.25, 0.3) is 6.47 Å². The van der Waals surface area contributed by atoms with Crippen LogP contribution in [0.4, 0.5) is 0 Å². The van der Waals surface area contributed by atoms with E-state index in [9.17, 15) is 19.5 Å². The Balaban J connectivity index is 1.43. The summed E-state index contributed by atoms with van der Waals surface area (Å²) < 4.78 is 31.9. The van der Waals surface area contributed by atoms with Crippen molar-refractivity contribution in [1.82, 2.24) is 0 Å². The lowest BCUT2D eigenvalue weighted by atomic mass is 9.51. The number of carbonyl (C=O) groups excluding carboxylic acids is 3. The van der Waals surface area contributed by atoms with Crippen LogP contribution in [0.3, 0.4) is 0 Å². The third-order valence-electron chi connectivity index (χ3n) is 11.2. The number of phenolic OH excluding ortho intramolecular Hbond substituents is 1. The molecule has 1 aromatic carbocycles. The summed E-state index contributed by atoms with van der Waals surface area (Å²) >= 11 is 0. The van der Waals surface area contributed by atoms with Crippen LogP contribution >= 0.6 is 0 Å². The second kappa shape index (κ2) is 10.2. The van der Waals surface area contributed by atoms with Crippen molar-refractivity contribution in [2.75, 3.05) is 0 Å². The molecule has 3 fully saturated rings. The van der Waals surface area contributed by atoms with E-state index in [-0.39, 0.29) is 52.7 Å². The van der Waals surface area contributed by atoms with E-state index < -0.39 is 28.3 Å². The SMILES string of the molecule is CC(C)=CCC[C@]1(C)C=Cc2c(O)c3c(c(CC4OC4(C)C)c2O1)O[C@]12C(=CC4CC1C(C)(C)O[C@@]2(C/C=C(/C)OC=O)C4=O)C3=O. The topological polar surface area (TPSA) is 121 Å². The zero-order valence-electron chi connectivity index (χ0n) is 28.4. The van der Waals surface area contributed by atoms with Crippen LogP contribution in [-0.2, 0) is 30.2 Å². The average Bonchev–Trinajstić information content (AvgIpc) is 3.55. The van der Waals surface area contributed by atoms with Crippen LogP contribution in [0.5, 0.6) is 17.2 Å². The summed E-state index contributed by atoms with van der Waals surface area (Å²) in [5.41, 5.74) is -2.26. The number of epoxide rings is 1. The Morgan fingerprint density at radius 3 is 2.43 bits per heavy atom. The molecule has 8 rings (SSSR count). The van der Waals surface area contributed by atoms with Gasteiger partial charge in [-0.25, -0.2) is 0 Å². The first kappa shape index (κ1) is 31.9. The second-order valence-electron chi connectivity index (χ2n) is 15.5. The maximum Gasteiger partial charge on any atom is 0.298 e. The Hall–Kier alpha value is -3.69. The molecular weight excluding hydrogens is 600 g/mol. The van der Waals surface area contributed by atoms with Crippen molar-refractivity contribution >= 4 is 24.1 Å². The van der Waals surface area contributed by atoms with E-state index in [1.807, 2.05) is 46.8 Å². The number of rotatable bonds is 9. The third-order valence-corrected chi connectivity index (χ3v) is 11.2. The molecule has 47 heavy (non-hydrogen) atoms. The highest BCUT2D eigenvalue weighted by Crippen LogP contribution is 2.69. The van der Waals surface area contributed by atoms with E-state index in [1.54, 1.807) is 19.1 Å². The number of hydrogen-bond acceptors (Lipinski definition) is 9. The number of carbonyl (C=O) groups is 3. The summed E-state index contributed by atoms with van der Waals surface area (Å²) in [5, 5.41) is 11.8. The molecule has 1 aromatic rings. The summed E-state index contributed by atoms with van der Waals surface area (Å²) in [6, 6.07) is 0. The minimum Gasteiger partial charge on any atom is -0.506 e. The maximum atomic E-state index is 14.8. The second-order valence-corrected chi connectivity index (χ2v) is 15.5. The van der Waals surface area contributed by atoms with Crippen LogP contribution in [-0.4, -0.2) is 57.3 Å². The van der Waals surface area contributed by atoms with Gasteiger partial charge >= 0.3 is 0 Å². The highest BCUT2D eigenvalue weighted by molar-refractivity contribution is 6.19. The fourth-order valence-electron chi connectivity index (χ4n) is 8.70. The molecule has 4 heterocycles. The van der Waals surface area contributed by atoms with E-state index in [1.165, 1.54) is 5.57 Å². The molecule has 7 aliphatic rings. The number of ether oxygens (including phenoxy) is 5. The van der Waals surface area contributed by atoms with Gasteiger partial charge < -0.3 is 28.8 Å². The molecule has 1 saturated carbocycles. The van der Waals surface area contributed by atoms with Gasteiger partial charge in [-0.05, 0) is 92.9 Å². The van der Waals surface area contributed by atoms with Crippen molar-refractivity contribution < 1.29 is 43.2 Å². The molecule has 3 aliphatic carbocycles. The predicted octanol–water partition coefficient (Wildman–Crippen LogP) is 6.50. The summed E-state index contributed by atoms with van der Waals surface area (Å²) in [6.45, 7) is 16.0. The fourth-order valence-corrected chi connectivity index (χ4v) is 8.70. The Morgan fingerprint density at radius 2 is 1.77 bits per heavy atom. The first-order valence-electron chi connectivity index (χ1n) is 16.6. The first-order chi connectivity index (χ1) is 22.0. The molecule has 3 unspecified atom stereocenters. The van der Waals surface area contributed by atoms with Gasteiger partial charge in [-0.15, -0.1) is 0 Å². The lowest BCUT2D eigenvalue weighted by Crippen LogP contribution is -2.72. The number of aromatic hydroxyl groups is 1.